The first kappa shape index (κ1) is 17.1. The summed E-state index contributed by atoms with van der Waals surface area (Å²) in [5.74, 6) is -4.90. The van der Waals surface area contributed by atoms with Gasteiger partial charge in [0.15, 0.2) is 23.6 Å². The van der Waals surface area contributed by atoms with Crippen LogP contribution in [0.15, 0.2) is 30.3 Å². The standard InChI is InChI=1S/C16H13ClF3NO2/c1-8-3-4-10(17)13(7-8)23-9(2)16(22)21-12-6-5-11(18)14(19)15(12)20/h3-7,9H,1-2H3,(H,21,22)/t9-/m0/s1. The number of benzene rings is 2. The molecule has 2 rings (SSSR count). The summed E-state index contributed by atoms with van der Waals surface area (Å²) in [5.41, 5.74) is 0.406. The van der Waals surface area contributed by atoms with E-state index in [1.165, 1.54) is 6.92 Å². The summed E-state index contributed by atoms with van der Waals surface area (Å²) >= 11 is 5.96. The Morgan fingerprint density at radius 3 is 2.57 bits per heavy atom. The molecule has 1 N–H and O–H groups in total. The van der Waals surface area contributed by atoms with E-state index in [1.54, 1.807) is 18.2 Å². The number of hydrogen-bond donors (Lipinski definition) is 1. The van der Waals surface area contributed by atoms with E-state index in [0.717, 1.165) is 17.7 Å². The van der Waals surface area contributed by atoms with Gasteiger partial charge in [0, 0.05) is 0 Å². The van der Waals surface area contributed by atoms with Crippen LogP contribution in [0.5, 0.6) is 5.75 Å². The highest BCUT2D eigenvalue weighted by Gasteiger charge is 2.20. The van der Waals surface area contributed by atoms with Gasteiger partial charge in [0.1, 0.15) is 5.75 Å². The Labute approximate surface area is 136 Å². The number of aryl methyl sites for hydroxylation is 1. The number of nitrogens with one attached hydrogen (secondary N) is 1. The first-order chi connectivity index (χ1) is 10.8. The van der Waals surface area contributed by atoms with Crippen molar-refractivity contribution in [2.75, 3.05) is 5.32 Å². The van der Waals surface area contributed by atoms with Gasteiger partial charge < -0.3 is 10.1 Å². The van der Waals surface area contributed by atoms with Crippen LogP contribution in [0, 0.1) is 24.4 Å². The second kappa shape index (κ2) is 6.91. The number of hydrogen-bond acceptors (Lipinski definition) is 2. The number of anilines is 1. The molecule has 0 aromatic heterocycles. The summed E-state index contributed by atoms with van der Waals surface area (Å²) in [6.07, 6.45) is -1.03. The zero-order valence-corrected chi connectivity index (χ0v) is 13.0. The molecule has 0 aliphatic carbocycles. The minimum atomic E-state index is -1.65. The molecule has 0 radical (unpaired) electrons. The molecule has 0 saturated carbocycles. The van der Waals surface area contributed by atoms with Crippen molar-refractivity contribution in [3.8, 4) is 5.75 Å². The second-order valence-electron chi connectivity index (χ2n) is 4.91. The van der Waals surface area contributed by atoms with Crippen molar-refractivity contribution in [1.82, 2.24) is 0 Å². The monoisotopic (exact) mass is 343 g/mol. The van der Waals surface area contributed by atoms with Crippen molar-refractivity contribution in [2.24, 2.45) is 0 Å². The molecular weight excluding hydrogens is 331 g/mol. The largest absolute Gasteiger partial charge is 0.479 e. The Bertz CT molecular complexity index is 752. The molecule has 2 aromatic rings. The summed E-state index contributed by atoms with van der Waals surface area (Å²) in [4.78, 5) is 12.0. The van der Waals surface area contributed by atoms with Crippen molar-refractivity contribution >= 4 is 23.2 Å². The number of carbonyl (C=O) groups excluding carboxylic acids is 1. The maximum absolute atomic E-state index is 13.5. The van der Waals surface area contributed by atoms with Gasteiger partial charge in [-0.15, -0.1) is 0 Å². The van der Waals surface area contributed by atoms with Crippen molar-refractivity contribution in [1.29, 1.82) is 0 Å². The lowest BCUT2D eigenvalue weighted by Crippen LogP contribution is -2.30. The topological polar surface area (TPSA) is 38.3 Å². The van der Waals surface area contributed by atoms with Gasteiger partial charge in [-0.1, -0.05) is 17.7 Å². The van der Waals surface area contributed by atoms with Crippen LogP contribution in [0.1, 0.15) is 12.5 Å². The Balaban J connectivity index is 2.12. The third-order valence-corrected chi connectivity index (χ3v) is 3.36. The predicted octanol–water partition coefficient (Wildman–Crippen LogP) is 4.47. The molecule has 23 heavy (non-hydrogen) atoms. The smallest absolute Gasteiger partial charge is 0.265 e. The van der Waals surface area contributed by atoms with Gasteiger partial charge in [-0.3, -0.25) is 4.79 Å². The third-order valence-electron chi connectivity index (χ3n) is 3.05. The maximum Gasteiger partial charge on any atom is 0.265 e. The Morgan fingerprint density at radius 1 is 1.17 bits per heavy atom. The van der Waals surface area contributed by atoms with Crippen molar-refractivity contribution in [2.45, 2.75) is 20.0 Å². The first-order valence-electron chi connectivity index (χ1n) is 6.66. The molecular formula is C16H13ClF3NO2. The molecule has 0 unspecified atom stereocenters. The zero-order valence-electron chi connectivity index (χ0n) is 12.3. The summed E-state index contributed by atoms with van der Waals surface area (Å²) in [7, 11) is 0. The zero-order chi connectivity index (χ0) is 17.1. The number of carbonyl (C=O) groups is 1. The first-order valence-corrected chi connectivity index (χ1v) is 7.04. The van der Waals surface area contributed by atoms with E-state index in [-0.39, 0.29) is 0 Å². The number of rotatable bonds is 4. The van der Waals surface area contributed by atoms with Crippen LogP contribution in [-0.4, -0.2) is 12.0 Å². The average molecular weight is 344 g/mol. The molecule has 0 aliphatic rings. The van der Waals surface area contributed by atoms with E-state index in [0.29, 0.717) is 10.8 Å². The fraction of sp³-hybridized carbons (Fsp3) is 0.188. The lowest BCUT2D eigenvalue weighted by Gasteiger charge is -2.16. The molecule has 1 atom stereocenters. The minimum absolute atomic E-state index is 0.292. The van der Waals surface area contributed by atoms with E-state index in [1.807, 2.05) is 6.92 Å². The Kier molecular flexibility index (Phi) is 5.15. The maximum atomic E-state index is 13.5. The van der Waals surface area contributed by atoms with Crippen LogP contribution < -0.4 is 10.1 Å². The van der Waals surface area contributed by atoms with Gasteiger partial charge >= 0.3 is 0 Å². The second-order valence-corrected chi connectivity index (χ2v) is 5.31. The number of ether oxygens (including phenoxy) is 1. The van der Waals surface area contributed by atoms with Crippen LogP contribution in [-0.2, 0) is 4.79 Å². The van der Waals surface area contributed by atoms with Gasteiger partial charge in [0.2, 0.25) is 0 Å². The molecule has 1 amide bonds. The molecule has 2 aromatic carbocycles. The molecule has 122 valence electrons. The Hall–Kier alpha value is -2.21. The molecule has 0 spiro atoms. The SMILES string of the molecule is Cc1ccc(Cl)c(O[C@@H](C)C(=O)Nc2ccc(F)c(F)c2F)c1. The minimum Gasteiger partial charge on any atom is -0.479 e. The summed E-state index contributed by atoms with van der Waals surface area (Å²) in [6.45, 7) is 3.25. The van der Waals surface area contributed by atoms with Gasteiger partial charge in [0.05, 0.1) is 10.7 Å². The molecule has 7 heteroatoms. The van der Waals surface area contributed by atoms with E-state index in [9.17, 15) is 18.0 Å². The van der Waals surface area contributed by atoms with Crippen molar-refractivity contribution < 1.29 is 22.7 Å². The molecule has 0 heterocycles. The quantitative estimate of drug-likeness (QED) is 0.832. The number of amides is 1. The van der Waals surface area contributed by atoms with E-state index >= 15 is 0 Å². The molecule has 0 bridgehead atoms. The third kappa shape index (κ3) is 3.96. The fourth-order valence-corrected chi connectivity index (χ4v) is 1.96. The van der Waals surface area contributed by atoms with Gasteiger partial charge in [-0.05, 0) is 43.7 Å². The number of halogens is 4. The molecule has 0 fully saturated rings. The van der Waals surface area contributed by atoms with Gasteiger partial charge in [-0.25, -0.2) is 13.2 Å². The highest BCUT2D eigenvalue weighted by molar-refractivity contribution is 6.32. The summed E-state index contributed by atoms with van der Waals surface area (Å²) < 4.78 is 45.0. The lowest BCUT2D eigenvalue weighted by atomic mass is 10.2. The Morgan fingerprint density at radius 2 is 1.87 bits per heavy atom. The normalized spacial score (nSPS) is 11.9. The predicted molar refractivity (Wildman–Crippen MR) is 81.2 cm³/mol. The van der Waals surface area contributed by atoms with Gasteiger partial charge in [0.25, 0.3) is 5.91 Å². The lowest BCUT2D eigenvalue weighted by molar-refractivity contribution is -0.122. The van der Waals surface area contributed by atoms with Crippen LogP contribution in [0.2, 0.25) is 5.02 Å². The van der Waals surface area contributed by atoms with Crippen molar-refractivity contribution in [3.63, 3.8) is 0 Å². The molecule has 3 nitrogen and oxygen atoms in total. The summed E-state index contributed by atoms with van der Waals surface area (Å²) in [5, 5.41) is 2.46. The molecule has 0 aliphatic heterocycles. The van der Waals surface area contributed by atoms with Crippen LogP contribution >= 0.6 is 11.6 Å². The van der Waals surface area contributed by atoms with E-state index in [4.69, 9.17) is 16.3 Å². The van der Waals surface area contributed by atoms with Crippen LogP contribution in [0.4, 0.5) is 18.9 Å². The highest BCUT2D eigenvalue weighted by Crippen LogP contribution is 2.26. The van der Waals surface area contributed by atoms with E-state index in [2.05, 4.69) is 5.32 Å². The molecule has 0 saturated heterocycles. The van der Waals surface area contributed by atoms with Crippen LogP contribution in [0.3, 0.4) is 0 Å². The van der Waals surface area contributed by atoms with Crippen LogP contribution in [0.25, 0.3) is 0 Å². The fourth-order valence-electron chi connectivity index (χ4n) is 1.80. The van der Waals surface area contributed by atoms with Crippen molar-refractivity contribution in [3.05, 3.63) is 58.4 Å². The van der Waals surface area contributed by atoms with Gasteiger partial charge in [-0.2, -0.15) is 0 Å². The highest BCUT2D eigenvalue weighted by atomic mass is 35.5. The average Bonchev–Trinajstić information content (AvgIpc) is 2.51. The summed E-state index contributed by atoms with van der Waals surface area (Å²) in [6, 6.07) is 6.68. The van der Waals surface area contributed by atoms with E-state index < -0.39 is 35.2 Å².